The number of nitrogens with zero attached hydrogens (tertiary/aromatic N) is 4. The Bertz CT molecular complexity index is 577. The molecule has 1 aromatic heterocycles. The Hall–Kier alpha value is -1.09. The molecule has 0 aromatic carbocycles. The lowest BCUT2D eigenvalue weighted by molar-refractivity contribution is -0.116. The third kappa shape index (κ3) is 4.75. The van der Waals surface area contributed by atoms with Crippen molar-refractivity contribution in [2.75, 3.05) is 51.3 Å². The fourth-order valence-electron chi connectivity index (χ4n) is 3.67. The van der Waals surface area contributed by atoms with E-state index in [1.807, 2.05) is 0 Å². The topological polar surface area (TPSA) is 70.6 Å². The summed E-state index contributed by atoms with van der Waals surface area (Å²) in [7, 11) is 0. The van der Waals surface area contributed by atoms with Gasteiger partial charge in [0.15, 0.2) is 0 Å². The Labute approximate surface area is 152 Å². The smallest absolute Gasteiger partial charge is 0.227 e. The molecule has 2 aliphatic heterocycles. The summed E-state index contributed by atoms with van der Waals surface area (Å²) in [6.45, 7) is 6.87. The molecule has 3 aliphatic rings. The van der Waals surface area contributed by atoms with Crippen molar-refractivity contribution in [3.05, 3.63) is 5.01 Å². The molecule has 8 heteroatoms. The molecule has 0 unspecified atom stereocenters. The number of piperidine rings is 1. The highest BCUT2D eigenvalue weighted by Gasteiger charge is 2.28. The van der Waals surface area contributed by atoms with E-state index in [0.717, 1.165) is 50.9 Å². The molecule has 4 rings (SSSR count). The molecule has 2 saturated heterocycles. The molecule has 138 valence electrons. The van der Waals surface area contributed by atoms with Gasteiger partial charge in [-0.1, -0.05) is 11.3 Å². The van der Waals surface area contributed by atoms with Gasteiger partial charge in [0.25, 0.3) is 0 Å². The summed E-state index contributed by atoms with van der Waals surface area (Å²) < 4.78 is 5.44. The van der Waals surface area contributed by atoms with E-state index in [2.05, 4.69) is 25.3 Å². The van der Waals surface area contributed by atoms with Crippen LogP contribution in [0.25, 0.3) is 0 Å². The molecule has 1 amide bonds. The lowest BCUT2D eigenvalue weighted by Crippen LogP contribution is -2.49. The number of hydrogen-bond donors (Lipinski definition) is 1. The van der Waals surface area contributed by atoms with Gasteiger partial charge in [-0.2, -0.15) is 0 Å². The number of ether oxygens (including phenoxy) is 1. The van der Waals surface area contributed by atoms with E-state index in [-0.39, 0.29) is 5.91 Å². The first-order chi connectivity index (χ1) is 12.3. The van der Waals surface area contributed by atoms with Crippen molar-refractivity contribution in [2.24, 2.45) is 0 Å². The zero-order chi connectivity index (χ0) is 17.1. The molecular weight excluding hydrogens is 338 g/mol. The van der Waals surface area contributed by atoms with Crippen molar-refractivity contribution >= 4 is 22.4 Å². The first-order valence-electron chi connectivity index (χ1n) is 9.45. The Kier molecular flexibility index (Phi) is 5.60. The Morgan fingerprint density at radius 1 is 1.12 bits per heavy atom. The first-order valence-corrected chi connectivity index (χ1v) is 10.3. The number of morpholine rings is 1. The molecular formula is C17H27N5O2S. The highest BCUT2D eigenvalue weighted by Crippen LogP contribution is 2.42. The summed E-state index contributed by atoms with van der Waals surface area (Å²) >= 11 is 1.53. The number of amides is 1. The van der Waals surface area contributed by atoms with E-state index in [1.54, 1.807) is 0 Å². The Morgan fingerprint density at radius 3 is 2.60 bits per heavy atom. The summed E-state index contributed by atoms with van der Waals surface area (Å²) in [4.78, 5) is 17.1. The number of carbonyl (C=O) groups is 1. The monoisotopic (exact) mass is 365 g/mol. The van der Waals surface area contributed by atoms with Gasteiger partial charge >= 0.3 is 0 Å². The second kappa shape index (κ2) is 8.07. The summed E-state index contributed by atoms with van der Waals surface area (Å²) in [6.07, 6.45) is 5.35. The van der Waals surface area contributed by atoms with E-state index in [0.29, 0.717) is 23.5 Å². The van der Waals surface area contributed by atoms with E-state index in [4.69, 9.17) is 4.74 Å². The van der Waals surface area contributed by atoms with Crippen LogP contribution in [0.2, 0.25) is 0 Å². The van der Waals surface area contributed by atoms with Gasteiger partial charge in [-0.3, -0.25) is 9.69 Å². The normalized spacial score (nSPS) is 23.7. The minimum Gasteiger partial charge on any atom is -0.379 e. The van der Waals surface area contributed by atoms with Crippen molar-refractivity contribution in [2.45, 2.75) is 44.1 Å². The van der Waals surface area contributed by atoms with E-state index >= 15 is 0 Å². The lowest BCUT2D eigenvalue weighted by atomic mass is 10.0. The van der Waals surface area contributed by atoms with Gasteiger partial charge in [-0.25, -0.2) is 0 Å². The van der Waals surface area contributed by atoms with Crippen molar-refractivity contribution < 1.29 is 9.53 Å². The number of hydrogen-bond acceptors (Lipinski definition) is 7. The van der Waals surface area contributed by atoms with E-state index in [9.17, 15) is 4.79 Å². The molecule has 0 spiro atoms. The molecule has 0 bridgehead atoms. The second-order valence-corrected chi connectivity index (χ2v) is 8.25. The fourth-order valence-corrected chi connectivity index (χ4v) is 4.60. The van der Waals surface area contributed by atoms with Crippen LogP contribution in [0.1, 0.15) is 43.0 Å². The van der Waals surface area contributed by atoms with Gasteiger partial charge in [-0.15, -0.1) is 10.2 Å². The van der Waals surface area contributed by atoms with Gasteiger partial charge < -0.3 is 15.0 Å². The average Bonchev–Trinajstić information content (AvgIpc) is 3.41. The third-order valence-corrected chi connectivity index (χ3v) is 6.39. The molecule has 0 atom stereocenters. The molecule has 1 saturated carbocycles. The first kappa shape index (κ1) is 17.3. The summed E-state index contributed by atoms with van der Waals surface area (Å²) in [5.41, 5.74) is 0. The number of nitrogens with one attached hydrogen (secondary N) is 1. The van der Waals surface area contributed by atoms with Gasteiger partial charge in [0.1, 0.15) is 5.01 Å². The van der Waals surface area contributed by atoms with Crippen LogP contribution in [0.3, 0.4) is 0 Å². The average molecular weight is 366 g/mol. The van der Waals surface area contributed by atoms with Gasteiger partial charge in [0, 0.05) is 38.0 Å². The zero-order valence-electron chi connectivity index (χ0n) is 14.7. The second-order valence-electron chi connectivity index (χ2n) is 7.24. The van der Waals surface area contributed by atoms with Gasteiger partial charge in [0.05, 0.1) is 13.2 Å². The minimum absolute atomic E-state index is 0.0498. The van der Waals surface area contributed by atoms with E-state index in [1.165, 1.54) is 37.0 Å². The van der Waals surface area contributed by atoms with Crippen molar-refractivity contribution in [1.29, 1.82) is 0 Å². The Balaban J connectivity index is 1.15. The number of carbonyl (C=O) groups excluding carboxylic acids is 1. The van der Waals surface area contributed by atoms with Crippen LogP contribution >= 0.6 is 11.3 Å². The SMILES string of the molecule is O=C(CCN1CCC(N2CCOCC2)CC1)Nc1nnc(C2CC2)s1. The molecule has 1 N–H and O–H groups in total. The van der Waals surface area contributed by atoms with Crippen LogP contribution in [-0.4, -0.2) is 77.9 Å². The molecule has 3 fully saturated rings. The van der Waals surface area contributed by atoms with Crippen LogP contribution in [0.15, 0.2) is 0 Å². The maximum Gasteiger partial charge on any atom is 0.227 e. The van der Waals surface area contributed by atoms with Crippen LogP contribution in [-0.2, 0) is 9.53 Å². The number of likely N-dealkylation sites (tertiary alicyclic amines) is 1. The van der Waals surface area contributed by atoms with Crippen molar-refractivity contribution in [3.8, 4) is 0 Å². The zero-order valence-corrected chi connectivity index (χ0v) is 15.5. The maximum absolute atomic E-state index is 12.1. The standard InChI is InChI=1S/C17H27N5O2S/c23-15(18-17-20-19-16(25-17)13-1-2-13)5-8-21-6-3-14(4-7-21)22-9-11-24-12-10-22/h13-14H,1-12H2,(H,18,20,23). The quantitative estimate of drug-likeness (QED) is 0.825. The van der Waals surface area contributed by atoms with Crippen molar-refractivity contribution in [3.63, 3.8) is 0 Å². The summed E-state index contributed by atoms with van der Waals surface area (Å²) in [5.74, 6) is 0.643. The number of aromatic nitrogens is 2. The van der Waals surface area contributed by atoms with Gasteiger partial charge in [-0.05, 0) is 38.8 Å². The maximum atomic E-state index is 12.1. The summed E-state index contributed by atoms with van der Waals surface area (Å²) in [6, 6.07) is 0.691. The fraction of sp³-hybridized carbons (Fsp3) is 0.824. The van der Waals surface area contributed by atoms with Crippen LogP contribution < -0.4 is 5.32 Å². The Morgan fingerprint density at radius 2 is 1.88 bits per heavy atom. The largest absolute Gasteiger partial charge is 0.379 e. The summed E-state index contributed by atoms with van der Waals surface area (Å²) in [5, 5.41) is 12.9. The molecule has 0 radical (unpaired) electrons. The molecule has 25 heavy (non-hydrogen) atoms. The third-order valence-electron chi connectivity index (χ3n) is 5.39. The van der Waals surface area contributed by atoms with Crippen LogP contribution in [0.4, 0.5) is 5.13 Å². The highest BCUT2D eigenvalue weighted by atomic mass is 32.1. The predicted octanol–water partition coefficient (Wildman–Crippen LogP) is 1.54. The molecule has 7 nitrogen and oxygen atoms in total. The molecule has 1 aromatic rings. The minimum atomic E-state index is 0.0498. The van der Waals surface area contributed by atoms with Crippen LogP contribution in [0.5, 0.6) is 0 Å². The van der Waals surface area contributed by atoms with Gasteiger partial charge in [0.2, 0.25) is 11.0 Å². The highest BCUT2D eigenvalue weighted by molar-refractivity contribution is 7.15. The lowest BCUT2D eigenvalue weighted by Gasteiger charge is -2.40. The van der Waals surface area contributed by atoms with Crippen LogP contribution in [0, 0.1) is 0 Å². The van der Waals surface area contributed by atoms with E-state index < -0.39 is 0 Å². The van der Waals surface area contributed by atoms with Crippen molar-refractivity contribution in [1.82, 2.24) is 20.0 Å². The molecule has 3 heterocycles. The number of anilines is 1. The predicted molar refractivity (Wildman–Crippen MR) is 97.0 cm³/mol. The molecule has 1 aliphatic carbocycles. The number of rotatable bonds is 6.